The number of benzene rings is 3. The highest BCUT2D eigenvalue weighted by Crippen LogP contribution is 2.36. The first kappa shape index (κ1) is 25.2. The van der Waals surface area contributed by atoms with Crippen LogP contribution in [-0.4, -0.2) is 25.3 Å². The number of halogens is 2. The lowest BCUT2D eigenvalue weighted by Crippen LogP contribution is -2.11. The maximum Gasteiger partial charge on any atom is 0.342 e. The van der Waals surface area contributed by atoms with E-state index in [0.29, 0.717) is 39.2 Å². The average molecular weight is 475 g/mol. The van der Waals surface area contributed by atoms with Crippen molar-refractivity contribution in [1.82, 2.24) is 0 Å². The minimum atomic E-state index is -0.485. The number of hydrogen-bond donors (Lipinski definition) is 2. The number of rotatable bonds is 7. The molecule has 168 valence electrons. The lowest BCUT2D eigenvalue weighted by molar-refractivity contribution is -0.0273. The summed E-state index contributed by atoms with van der Waals surface area (Å²) in [6, 6.07) is 19.3. The Morgan fingerprint density at radius 3 is 2.25 bits per heavy atom. The average Bonchev–Trinajstić information content (AvgIpc) is 2.80. The van der Waals surface area contributed by atoms with Crippen LogP contribution in [0.2, 0.25) is 10.0 Å². The van der Waals surface area contributed by atoms with Gasteiger partial charge in [0, 0.05) is 12.2 Å². The van der Waals surface area contributed by atoms with E-state index in [4.69, 9.17) is 38.4 Å². The van der Waals surface area contributed by atoms with Gasteiger partial charge in [-0.2, -0.15) is 0 Å². The van der Waals surface area contributed by atoms with Crippen molar-refractivity contribution in [2.45, 2.75) is 13.8 Å². The molecule has 0 heterocycles. The summed E-state index contributed by atoms with van der Waals surface area (Å²) in [4.78, 5) is 22.6. The van der Waals surface area contributed by atoms with Gasteiger partial charge in [-0.15, -0.1) is 0 Å². The maximum atomic E-state index is 12.2. The molecule has 0 unspecified atom stereocenters. The van der Waals surface area contributed by atoms with Crippen LogP contribution in [0.4, 0.5) is 11.4 Å². The Hall–Kier alpha value is -3.06. The van der Waals surface area contributed by atoms with Crippen molar-refractivity contribution in [3.05, 3.63) is 93.5 Å². The Morgan fingerprint density at radius 1 is 0.969 bits per heavy atom. The quantitative estimate of drug-likeness (QED) is 0.249. The molecule has 0 saturated heterocycles. The smallest absolute Gasteiger partial charge is 0.342 e. The number of amides is 1. The van der Waals surface area contributed by atoms with Crippen LogP contribution < -0.4 is 11.1 Å². The highest BCUT2D eigenvalue weighted by atomic mass is 35.5. The van der Waals surface area contributed by atoms with E-state index in [9.17, 15) is 9.59 Å². The van der Waals surface area contributed by atoms with Crippen molar-refractivity contribution in [2.24, 2.45) is 5.73 Å². The number of hydrogen-bond acceptors (Lipinski definition) is 5. The molecule has 0 radical (unpaired) electrons. The van der Waals surface area contributed by atoms with Crippen molar-refractivity contribution in [1.29, 1.82) is 0 Å². The zero-order valence-corrected chi connectivity index (χ0v) is 19.2. The van der Waals surface area contributed by atoms with Crippen molar-refractivity contribution in [3.63, 3.8) is 0 Å². The predicted octanol–water partition coefficient (Wildman–Crippen LogP) is 5.98. The first-order valence-corrected chi connectivity index (χ1v) is 10.5. The van der Waals surface area contributed by atoms with Crippen molar-refractivity contribution in [3.8, 4) is 0 Å². The highest BCUT2D eigenvalue weighted by Gasteiger charge is 2.15. The van der Waals surface area contributed by atoms with Crippen molar-refractivity contribution in [2.75, 3.05) is 18.7 Å². The Labute approximate surface area is 197 Å². The van der Waals surface area contributed by atoms with Gasteiger partial charge in [0.1, 0.15) is 0 Å². The maximum absolute atomic E-state index is 12.2. The summed E-state index contributed by atoms with van der Waals surface area (Å²) < 4.78 is 10.1. The van der Waals surface area contributed by atoms with Gasteiger partial charge in [0.2, 0.25) is 5.91 Å². The van der Waals surface area contributed by atoms with E-state index in [0.717, 1.165) is 5.56 Å². The van der Waals surface area contributed by atoms with Gasteiger partial charge in [-0.05, 0) is 49.7 Å². The SMILES string of the molecule is CCOCOC(=O)c1ccccc1Nc1c(Cl)ccc(C)c1Cl.NC(=O)c1ccccc1. The van der Waals surface area contributed by atoms with Gasteiger partial charge in [-0.25, -0.2) is 4.79 Å². The minimum Gasteiger partial charge on any atom is -0.435 e. The van der Waals surface area contributed by atoms with Gasteiger partial charge in [0.15, 0.2) is 6.79 Å². The van der Waals surface area contributed by atoms with E-state index in [1.54, 1.807) is 54.6 Å². The number of nitrogens with two attached hydrogens (primary N) is 1. The second-order valence-corrected chi connectivity index (χ2v) is 7.28. The predicted molar refractivity (Wildman–Crippen MR) is 128 cm³/mol. The lowest BCUT2D eigenvalue weighted by atomic mass is 10.1. The third-order valence-electron chi connectivity index (χ3n) is 4.23. The van der Waals surface area contributed by atoms with E-state index in [1.807, 2.05) is 26.0 Å². The minimum absolute atomic E-state index is 0.0877. The Bertz CT molecular complexity index is 1060. The fourth-order valence-corrected chi connectivity index (χ4v) is 3.00. The summed E-state index contributed by atoms with van der Waals surface area (Å²) in [5, 5.41) is 4.10. The van der Waals surface area contributed by atoms with Gasteiger partial charge in [-0.3, -0.25) is 4.79 Å². The monoisotopic (exact) mass is 474 g/mol. The van der Waals surface area contributed by atoms with Gasteiger partial charge in [0.25, 0.3) is 0 Å². The van der Waals surface area contributed by atoms with Crippen LogP contribution in [0.25, 0.3) is 0 Å². The molecule has 0 spiro atoms. The summed E-state index contributed by atoms with van der Waals surface area (Å²) in [6.45, 7) is 4.09. The summed E-state index contributed by atoms with van der Waals surface area (Å²) >= 11 is 12.5. The molecule has 8 heteroatoms. The van der Waals surface area contributed by atoms with Crippen LogP contribution in [0.1, 0.15) is 33.2 Å². The van der Waals surface area contributed by atoms with Gasteiger partial charge in [0.05, 0.1) is 27.0 Å². The molecular weight excluding hydrogens is 451 g/mol. The van der Waals surface area contributed by atoms with Crippen LogP contribution in [0.15, 0.2) is 66.7 Å². The van der Waals surface area contributed by atoms with E-state index in [1.165, 1.54) is 0 Å². The van der Waals surface area contributed by atoms with Crippen molar-refractivity contribution >= 4 is 46.5 Å². The summed E-state index contributed by atoms with van der Waals surface area (Å²) in [5.41, 5.74) is 7.90. The standard InChI is InChI=1S/C17H17Cl2NO3.C7H7NO/c1-3-22-10-23-17(21)12-6-4-5-7-14(12)20-16-13(18)9-8-11(2)15(16)19;8-7(9)6-4-2-1-3-5-6/h4-9,20H,3,10H2,1-2H3;1-5H,(H2,8,9). The molecule has 1 amide bonds. The number of nitrogens with one attached hydrogen (secondary N) is 1. The first-order valence-electron chi connectivity index (χ1n) is 9.75. The molecule has 0 atom stereocenters. The zero-order valence-electron chi connectivity index (χ0n) is 17.7. The van der Waals surface area contributed by atoms with Crippen LogP contribution >= 0.6 is 23.2 Å². The lowest BCUT2D eigenvalue weighted by Gasteiger charge is -2.15. The molecule has 3 rings (SSSR count). The first-order chi connectivity index (χ1) is 15.3. The number of carbonyl (C=O) groups is 2. The molecule has 3 aromatic carbocycles. The molecule has 0 bridgehead atoms. The summed E-state index contributed by atoms with van der Waals surface area (Å²) in [6.07, 6.45) is 0. The summed E-state index contributed by atoms with van der Waals surface area (Å²) in [7, 11) is 0. The molecule has 0 fully saturated rings. The molecule has 0 saturated carbocycles. The number of ether oxygens (including phenoxy) is 2. The van der Waals surface area contributed by atoms with E-state index < -0.39 is 5.97 Å². The fraction of sp³-hybridized carbons (Fsp3) is 0.167. The molecule has 3 N–H and O–H groups in total. The number of esters is 1. The van der Waals surface area contributed by atoms with Crippen molar-refractivity contribution < 1.29 is 19.1 Å². The number of anilines is 2. The van der Waals surface area contributed by atoms with Gasteiger partial charge < -0.3 is 20.5 Å². The summed E-state index contributed by atoms with van der Waals surface area (Å²) in [5.74, 6) is -0.864. The molecule has 0 aromatic heterocycles. The van der Waals surface area contributed by atoms with Crippen LogP contribution in [0, 0.1) is 6.92 Å². The largest absolute Gasteiger partial charge is 0.435 e. The fourth-order valence-electron chi connectivity index (χ4n) is 2.53. The molecular formula is C24H24Cl2N2O4. The van der Waals surface area contributed by atoms with Gasteiger partial charge in [-0.1, -0.05) is 59.6 Å². The van der Waals surface area contributed by atoms with E-state index in [2.05, 4.69) is 5.32 Å². The zero-order chi connectivity index (χ0) is 23.5. The molecule has 0 aliphatic rings. The second kappa shape index (κ2) is 12.7. The van der Waals surface area contributed by atoms with E-state index in [-0.39, 0.29) is 12.7 Å². The van der Waals surface area contributed by atoms with Crippen LogP contribution in [-0.2, 0) is 9.47 Å². The topological polar surface area (TPSA) is 90.7 Å². The Kier molecular flexibility index (Phi) is 10.0. The Balaban J connectivity index is 0.000000336. The molecule has 0 aliphatic heterocycles. The third kappa shape index (κ3) is 7.27. The van der Waals surface area contributed by atoms with Crippen LogP contribution in [0.5, 0.6) is 0 Å². The molecule has 3 aromatic rings. The second-order valence-electron chi connectivity index (χ2n) is 6.50. The number of carbonyl (C=O) groups excluding carboxylic acids is 2. The molecule has 0 aliphatic carbocycles. The van der Waals surface area contributed by atoms with Gasteiger partial charge >= 0.3 is 5.97 Å². The Morgan fingerprint density at radius 2 is 1.62 bits per heavy atom. The number of aryl methyl sites for hydroxylation is 1. The highest BCUT2D eigenvalue weighted by molar-refractivity contribution is 6.39. The molecule has 32 heavy (non-hydrogen) atoms. The van der Waals surface area contributed by atoms with E-state index >= 15 is 0 Å². The number of para-hydroxylation sites is 1. The van der Waals surface area contributed by atoms with Crippen LogP contribution in [0.3, 0.4) is 0 Å². The number of primary amides is 1. The normalized spacial score (nSPS) is 10.0. The third-order valence-corrected chi connectivity index (χ3v) is 5.03. The molecule has 6 nitrogen and oxygen atoms in total.